The lowest BCUT2D eigenvalue weighted by Gasteiger charge is -2.31. The Bertz CT molecular complexity index is 372. The zero-order chi connectivity index (χ0) is 22.1. The van der Waals surface area contributed by atoms with Gasteiger partial charge in [0.1, 0.15) is 0 Å². The summed E-state index contributed by atoms with van der Waals surface area (Å²) in [6, 6.07) is 0. The average Bonchev–Trinajstić information content (AvgIpc) is 2.82. The summed E-state index contributed by atoms with van der Waals surface area (Å²) in [6.45, 7) is 6.94. The Morgan fingerprint density at radius 2 is 0.500 bits per heavy atom. The fourth-order valence-corrected chi connectivity index (χ4v) is 4.57. The van der Waals surface area contributed by atoms with Crippen LogP contribution in [0.4, 0.5) is 0 Å². The lowest BCUT2D eigenvalue weighted by molar-refractivity contribution is -0.119. The van der Waals surface area contributed by atoms with Gasteiger partial charge in [0.25, 0.3) is 0 Å². The minimum Gasteiger partial charge on any atom is -0.377 e. The third kappa shape index (κ3) is 10.7. The topological polar surface area (TPSA) is 73.8 Å². The maximum Gasteiger partial charge on any atom is 0.0837 e. The number of ether oxygens (including phenoxy) is 8. The molecule has 3 fully saturated rings. The molecule has 0 aromatic carbocycles. The van der Waals surface area contributed by atoms with Crippen molar-refractivity contribution < 1.29 is 37.9 Å². The molecule has 2 saturated carbocycles. The summed E-state index contributed by atoms with van der Waals surface area (Å²) < 4.78 is 46.8. The van der Waals surface area contributed by atoms with E-state index >= 15 is 0 Å². The van der Waals surface area contributed by atoms with E-state index in [1.165, 1.54) is 25.7 Å². The zero-order valence-corrected chi connectivity index (χ0v) is 19.7. The van der Waals surface area contributed by atoms with E-state index in [1.807, 2.05) is 0 Å². The van der Waals surface area contributed by atoms with E-state index in [9.17, 15) is 0 Å². The Balaban J connectivity index is 1.36. The number of hydrogen-bond acceptors (Lipinski definition) is 8. The molecule has 4 atom stereocenters. The van der Waals surface area contributed by atoms with Crippen LogP contribution in [0.1, 0.15) is 51.4 Å². The van der Waals surface area contributed by atoms with Gasteiger partial charge in [0, 0.05) is 0 Å². The SMILES string of the molecule is C1CCC2OCCOCCOCCOC3CCCCC3OCCOCCOCCOC2C1. The Morgan fingerprint density at radius 3 is 0.750 bits per heavy atom. The molecule has 32 heavy (non-hydrogen) atoms. The predicted octanol–water partition coefficient (Wildman–Crippen LogP) is 2.76. The van der Waals surface area contributed by atoms with Crippen LogP contribution >= 0.6 is 0 Å². The zero-order valence-electron chi connectivity index (χ0n) is 19.7. The van der Waals surface area contributed by atoms with Crippen LogP contribution < -0.4 is 0 Å². The molecular weight excluding hydrogens is 416 g/mol. The lowest BCUT2D eigenvalue weighted by Crippen LogP contribution is -2.36. The van der Waals surface area contributed by atoms with Crippen LogP contribution in [0.15, 0.2) is 0 Å². The molecule has 0 radical (unpaired) electrons. The standard InChI is InChI=1S/C24H44O8/c1-2-6-22-21(5-1)29-17-13-25-9-10-27-15-19-31-23-7-3-4-8-24(23)32-20-16-28-12-11-26-14-18-30-22/h21-24H,1-20H2. The van der Waals surface area contributed by atoms with Gasteiger partial charge in [-0.05, 0) is 25.7 Å². The maximum atomic E-state index is 6.05. The second kappa shape index (κ2) is 17.2. The first-order valence-corrected chi connectivity index (χ1v) is 12.7. The van der Waals surface area contributed by atoms with Gasteiger partial charge < -0.3 is 37.9 Å². The van der Waals surface area contributed by atoms with Crippen LogP contribution in [-0.4, -0.2) is 104 Å². The summed E-state index contributed by atoms with van der Waals surface area (Å²) in [5.41, 5.74) is 0. The van der Waals surface area contributed by atoms with Crippen molar-refractivity contribution in [2.75, 3.05) is 79.3 Å². The molecule has 1 aliphatic heterocycles. The van der Waals surface area contributed by atoms with Gasteiger partial charge in [-0.3, -0.25) is 0 Å². The number of fused-ring (bicyclic) bond motifs is 2. The summed E-state index contributed by atoms with van der Waals surface area (Å²) in [7, 11) is 0. The van der Waals surface area contributed by atoms with Crippen molar-refractivity contribution in [1.29, 1.82) is 0 Å². The Hall–Kier alpha value is -0.320. The van der Waals surface area contributed by atoms with Crippen molar-refractivity contribution in [3.8, 4) is 0 Å². The van der Waals surface area contributed by atoms with Crippen molar-refractivity contribution >= 4 is 0 Å². The highest BCUT2D eigenvalue weighted by Crippen LogP contribution is 2.24. The monoisotopic (exact) mass is 460 g/mol. The second-order valence-electron chi connectivity index (χ2n) is 8.66. The van der Waals surface area contributed by atoms with Crippen molar-refractivity contribution in [2.45, 2.75) is 75.8 Å². The van der Waals surface area contributed by atoms with Crippen LogP contribution in [0.5, 0.6) is 0 Å². The third-order valence-electron chi connectivity index (χ3n) is 6.27. The van der Waals surface area contributed by atoms with Gasteiger partial charge in [0.2, 0.25) is 0 Å². The van der Waals surface area contributed by atoms with Crippen molar-refractivity contribution in [3.05, 3.63) is 0 Å². The molecule has 0 aromatic heterocycles. The van der Waals surface area contributed by atoms with Crippen LogP contribution in [0, 0.1) is 0 Å². The van der Waals surface area contributed by atoms with Gasteiger partial charge in [-0.1, -0.05) is 25.7 Å². The molecule has 2 aliphatic carbocycles. The van der Waals surface area contributed by atoms with Gasteiger partial charge in [0.05, 0.1) is 104 Å². The van der Waals surface area contributed by atoms with E-state index in [1.54, 1.807) is 0 Å². The molecule has 3 aliphatic rings. The highest BCUT2D eigenvalue weighted by Gasteiger charge is 2.27. The highest BCUT2D eigenvalue weighted by molar-refractivity contribution is 4.77. The van der Waals surface area contributed by atoms with E-state index in [-0.39, 0.29) is 24.4 Å². The highest BCUT2D eigenvalue weighted by atomic mass is 16.6. The van der Waals surface area contributed by atoms with Crippen LogP contribution in [0.25, 0.3) is 0 Å². The third-order valence-corrected chi connectivity index (χ3v) is 6.27. The number of rotatable bonds is 0. The maximum absolute atomic E-state index is 6.05. The van der Waals surface area contributed by atoms with E-state index in [0.717, 1.165) is 25.7 Å². The molecule has 8 nitrogen and oxygen atoms in total. The van der Waals surface area contributed by atoms with E-state index in [0.29, 0.717) is 79.3 Å². The Morgan fingerprint density at radius 1 is 0.281 bits per heavy atom. The average molecular weight is 461 g/mol. The van der Waals surface area contributed by atoms with Gasteiger partial charge in [-0.15, -0.1) is 0 Å². The molecule has 0 spiro atoms. The van der Waals surface area contributed by atoms with Crippen LogP contribution in [-0.2, 0) is 37.9 Å². The summed E-state index contributed by atoms with van der Waals surface area (Å²) in [4.78, 5) is 0. The Labute approximate surface area is 193 Å². The first-order valence-electron chi connectivity index (χ1n) is 12.7. The molecule has 0 amide bonds. The summed E-state index contributed by atoms with van der Waals surface area (Å²) >= 11 is 0. The van der Waals surface area contributed by atoms with Crippen molar-refractivity contribution in [2.24, 2.45) is 0 Å². The van der Waals surface area contributed by atoms with E-state index in [2.05, 4.69) is 0 Å². The van der Waals surface area contributed by atoms with Gasteiger partial charge >= 0.3 is 0 Å². The van der Waals surface area contributed by atoms with Gasteiger partial charge in [-0.25, -0.2) is 0 Å². The minimum atomic E-state index is 0.151. The summed E-state index contributed by atoms with van der Waals surface area (Å²) in [6.07, 6.45) is 9.58. The van der Waals surface area contributed by atoms with E-state index < -0.39 is 0 Å². The fraction of sp³-hybridized carbons (Fsp3) is 1.00. The molecule has 1 heterocycles. The smallest absolute Gasteiger partial charge is 0.0837 e. The normalized spacial score (nSPS) is 34.5. The molecule has 0 N–H and O–H groups in total. The fourth-order valence-electron chi connectivity index (χ4n) is 4.57. The Kier molecular flexibility index (Phi) is 14.1. The van der Waals surface area contributed by atoms with Crippen molar-refractivity contribution in [1.82, 2.24) is 0 Å². The first-order chi connectivity index (χ1) is 15.9. The molecule has 0 bridgehead atoms. The molecule has 3 rings (SSSR count). The molecule has 0 aromatic rings. The second-order valence-corrected chi connectivity index (χ2v) is 8.66. The summed E-state index contributed by atoms with van der Waals surface area (Å²) in [5, 5.41) is 0. The molecule has 8 heteroatoms. The molecular formula is C24H44O8. The predicted molar refractivity (Wildman–Crippen MR) is 119 cm³/mol. The molecule has 188 valence electrons. The lowest BCUT2D eigenvalue weighted by atomic mass is 9.94. The minimum absolute atomic E-state index is 0.151. The largest absolute Gasteiger partial charge is 0.377 e. The quantitative estimate of drug-likeness (QED) is 0.546. The molecule has 1 saturated heterocycles. The van der Waals surface area contributed by atoms with Crippen LogP contribution in [0.3, 0.4) is 0 Å². The van der Waals surface area contributed by atoms with Crippen LogP contribution in [0.2, 0.25) is 0 Å². The van der Waals surface area contributed by atoms with E-state index in [4.69, 9.17) is 37.9 Å². The van der Waals surface area contributed by atoms with Gasteiger partial charge in [0.15, 0.2) is 0 Å². The summed E-state index contributed by atoms with van der Waals surface area (Å²) in [5.74, 6) is 0. The first kappa shape index (κ1) is 26.3. The van der Waals surface area contributed by atoms with Crippen molar-refractivity contribution in [3.63, 3.8) is 0 Å². The molecule has 4 unspecified atom stereocenters. The van der Waals surface area contributed by atoms with Gasteiger partial charge in [-0.2, -0.15) is 0 Å². The number of hydrogen-bond donors (Lipinski definition) is 0.